The Morgan fingerprint density at radius 3 is 2.40 bits per heavy atom. The molecule has 0 unspecified atom stereocenters. The van der Waals surface area contributed by atoms with E-state index in [-0.39, 0.29) is 23.5 Å². The molecular formula is C23H32N4O2S. The van der Waals surface area contributed by atoms with Crippen molar-refractivity contribution in [2.75, 3.05) is 18.8 Å². The Labute approximate surface area is 183 Å². The van der Waals surface area contributed by atoms with E-state index in [1.807, 2.05) is 29.4 Å². The Hall–Kier alpha value is -2.12. The molecule has 1 aromatic heterocycles. The SMILES string of the molecule is C=CCn1c(SCC(=O)N2C[C@@H](C)O[C@H](C)C2)nnc1-c1ccc(C(C)(C)C)cc1. The van der Waals surface area contributed by atoms with Crippen LogP contribution in [0.4, 0.5) is 0 Å². The lowest BCUT2D eigenvalue weighted by molar-refractivity contribution is -0.140. The molecule has 1 aliphatic rings. The molecule has 6 nitrogen and oxygen atoms in total. The number of carbonyl (C=O) groups is 1. The number of allylic oxidation sites excluding steroid dienone is 1. The van der Waals surface area contributed by atoms with Crippen molar-refractivity contribution in [2.24, 2.45) is 0 Å². The zero-order chi connectivity index (χ0) is 21.9. The van der Waals surface area contributed by atoms with Gasteiger partial charge in [-0.15, -0.1) is 16.8 Å². The lowest BCUT2D eigenvalue weighted by atomic mass is 9.87. The second kappa shape index (κ2) is 9.35. The van der Waals surface area contributed by atoms with Gasteiger partial charge in [0, 0.05) is 25.2 Å². The summed E-state index contributed by atoms with van der Waals surface area (Å²) in [7, 11) is 0. The highest BCUT2D eigenvalue weighted by molar-refractivity contribution is 7.99. The number of carbonyl (C=O) groups excluding carboxylic acids is 1. The summed E-state index contributed by atoms with van der Waals surface area (Å²) in [5.41, 5.74) is 2.38. The van der Waals surface area contributed by atoms with Gasteiger partial charge < -0.3 is 9.64 Å². The average molecular weight is 429 g/mol. The largest absolute Gasteiger partial charge is 0.372 e. The number of ether oxygens (including phenoxy) is 1. The van der Waals surface area contributed by atoms with Crippen LogP contribution >= 0.6 is 11.8 Å². The van der Waals surface area contributed by atoms with Crippen LogP contribution in [0.25, 0.3) is 11.4 Å². The van der Waals surface area contributed by atoms with Crippen LogP contribution in [0.5, 0.6) is 0 Å². The van der Waals surface area contributed by atoms with Crippen LogP contribution in [0, 0.1) is 0 Å². The Kier molecular flexibility index (Phi) is 7.03. The van der Waals surface area contributed by atoms with Gasteiger partial charge in [-0.3, -0.25) is 9.36 Å². The predicted molar refractivity (Wildman–Crippen MR) is 122 cm³/mol. The first kappa shape index (κ1) is 22.6. The summed E-state index contributed by atoms with van der Waals surface area (Å²) in [5, 5.41) is 9.50. The highest BCUT2D eigenvalue weighted by Gasteiger charge is 2.26. The maximum atomic E-state index is 12.7. The van der Waals surface area contributed by atoms with Crippen molar-refractivity contribution < 1.29 is 9.53 Å². The second-order valence-electron chi connectivity index (χ2n) is 8.88. The second-order valence-corrected chi connectivity index (χ2v) is 9.82. The zero-order valence-electron chi connectivity index (χ0n) is 18.6. The topological polar surface area (TPSA) is 60.2 Å². The standard InChI is InChI=1S/C23H32N4O2S/c1-7-12-27-21(18-8-10-19(11-9-18)23(4,5)6)24-25-22(27)30-15-20(28)26-13-16(2)29-17(3)14-26/h7-11,16-17H,1,12-15H2,2-6H3/t16-,17-/m1/s1. The molecule has 0 spiro atoms. The monoisotopic (exact) mass is 428 g/mol. The first-order valence-corrected chi connectivity index (χ1v) is 11.4. The third-order valence-electron chi connectivity index (χ3n) is 5.13. The lowest BCUT2D eigenvalue weighted by Gasteiger charge is -2.35. The van der Waals surface area contributed by atoms with Crippen molar-refractivity contribution in [3.8, 4) is 11.4 Å². The highest BCUT2D eigenvalue weighted by atomic mass is 32.2. The molecule has 0 radical (unpaired) electrons. The molecule has 2 aromatic rings. The fourth-order valence-corrected chi connectivity index (χ4v) is 4.47. The molecule has 0 saturated carbocycles. The van der Waals surface area contributed by atoms with Crippen molar-refractivity contribution in [3.63, 3.8) is 0 Å². The molecule has 0 N–H and O–H groups in total. The molecule has 0 bridgehead atoms. The molecule has 162 valence electrons. The molecule has 3 rings (SSSR count). The summed E-state index contributed by atoms with van der Waals surface area (Å²) in [5.74, 6) is 1.22. The molecule has 1 saturated heterocycles. The van der Waals surface area contributed by atoms with E-state index in [1.165, 1.54) is 17.3 Å². The first-order valence-electron chi connectivity index (χ1n) is 10.4. The van der Waals surface area contributed by atoms with Crippen LogP contribution in [-0.2, 0) is 21.5 Å². The van der Waals surface area contributed by atoms with Crippen LogP contribution < -0.4 is 0 Å². The molecule has 1 amide bonds. The summed E-state index contributed by atoms with van der Waals surface area (Å²) in [6, 6.07) is 8.44. The van der Waals surface area contributed by atoms with Gasteiger partial charge in [0.15, 0.2) is 11.0 Å². The number of aromatic nitrogens is 3. The Bertz CT molecular complexity index is 876. The summed E-state index contributed by atoms with van der Waals surface area (Å²) in [4.78, 5) is 14.6. The molecule has 30 heavy (non-hydrogen) atoms. The molecular weight excluding hydrogens is 396 g/mol. The summed E-state index contributed by atoms with van der Waals surface area (Å²) < 4.78 is 7.74. The van der Waals surface area contributed by atoms with Gasteiger partial charge >= 0.3 is 0 Å². The molecule has 2 atom stereocenters. The lowest BCUT2D eigenvalue weighted by Crippen LogP contribution is -2.48. The van der Waals surface area contributed by atoms with Crippen molar-refractivity contribution in [1.82, 2.24) is 19.7 Å². The van der Waals surface area contributed by atoms with Gasteiger partial charge in [-0.25, -0.2) is 0 Å². The number of morpholine rings is 1. The van der Waals surface area contributed by atoms with Crippen LogP contribution in [0.1, 0.15) is 40.2 Å². The highest BCUT2D eigenvalue weighted by Crippen LogP contribution is 2.28. The number of benzene rings is 1. The van der Waals surface area contributed by atoms with Crippen molar-refractivity contribution in [1.29, 1.82) is 0 Å². The molecule has 2 heterocycles. The number of rotatable bonds is 6. The van der Waals surface area contributed by atoms with Gasteiger partial charge in [0.1, 0.15) is 0 Å². The van der Waals surface area contributed by atoms with E-state index in [0.29, 0.717) is 25.4 Å². The predicted octanol–water partition coefficient (Wildman–Crippen LogP) is 4.16. The van der Waals surface area contributed by atoms with Crippen LogP contribution in [0.15, 0.2) is 42.1 Å². The molecule has 1 aromatic carbocycles. The van der Waals surface area contributed by atoms with Gasteiger partial charge in [0.05, 0.1) is 18.0 Å². The molecule has 1 fully saturated rings. The van der Waals surface area contributed by atoms with Gasteiger partial charge in [0.2, 0.25) is 5.91 Å². The van der Waals surface area contributed by atoms with Crippen molar-refractivity contribution >= 4 is 17.7 Å². The normalized spacial score (nSPS) is 19.7. The molecule has 7 heteroatoms. The third kappa shape index (κ3) is 5.32. The average Bonchev–Trinajstić information content (AvgIpc) is 3.07. The first-order chi connectivity index (χ1) is 14.2. The Morgan fingerprint density at radius 2 is 1.83 bits per heavy atom. The number of thioether (sulfide) groups is 1. The molecule has 1 aliphatic heterocycles. The minimum atomic E-state index is 0.0646. The number of nitrogens with zero attached hydrogens (tertiary/aromatic N) is 4. The van der Waals surface area contributed by atoms with Crippen LogP contribution in [-0.4, -0.2) is 56.6 Å². The van der Waals surface area contributed by atoms with Gasteiger partial charge in [-0.2, -0.15) is 0 Å². The summed E-state index contributed by atoms with van der Waals surface area (Å²) in [6.07, 6.45) is 1.96. The fourth-order valence-electron chi connectivity index (χ4n) is 3.62. The minimum absolute atomic E-state index is 0.0646. The molecule has 0 aliphatic carbocycles. The van der Waals surface area contributed by atoms with Gasteiger partial charge in [-0.1, -0.05) is 62.9 Å². The van der Waals surface area contributed by atoms with Crippen molar-refractivity contribution in [2.45, 2.75) is 63.9 Å². The smallest absolute Gasteiger partial charge is 0.233 e. The fraction of sp³-hybridized carbons (Fsp3) is 0.522. The van der Waals surface area contributed by atoms with Crippen LogP contribution in [0.3, 0.4) is 0 Å². The Morgan fingerprint density at radius 1 is 1.20 bits per heavy atom. The van der Waals surface area contributed by atoms with Gasteiger partial charge in [-0.05, 0) is 24.8 Å². The summed E-state index contributed by atoms with van der Waals surface area (Å²) >= 11 is 1.42. The number of hydrogen-bond acceptors (Lipinski definition) is 5. The number of amides is 1. The van der Waals surface area contributed by atoms with E-state index in [1.54, 1.807) is 0 Å². The third-order valence-corrected chi connectivity index (χ3v) is 6.09. The minimum Gasteiger partial charge on any atom is -0.372 e. The Balaban J connectivity index is 1.74. The van der Waals surface area contributed by atoms with Crippen LogP contribution in [0.2, 0.25) is 0 Å². The number of hydrogen-bond donors (Lipinski definition) is 0. The van der Waals surface area contributed by atoms with E-state index in [2.05, 4.69) is 61.8 Å². The van der Waals surface area contributed by atoms with E-state index in [9.17, 15) is 4.79 Å². The maximum Gasteiger partial charge on any atom is 0.233 e. The zero-order valence-corrected chi connectivity index (χ0v) is 19.4. The van der Waals surface area contributed by atoms with E-state index < -0.39 is 0 Å². The van der Waals surface area contributed by atoms with Gasteiger partial charge in [0.25, 0.3) is 0 Å². The maximum absolute atomic E-state index is 12.7. The van der Waals surface area contributed by atoms with E-state index >= 15 is 0 Å². The quantitative estimate of drug-likeness (QED) is 0.511. The van der Waals surface area contributed by atoms with Crippen molar-refractivity contribution in [3.05, 3.63) is 42.5 Å². The van der Waals surface area contributed by atoms with E-state index in [4.69, 9.17) is 4.74 Å². The summed E-state index contributed by atoms with van der Waals surface area (Å²) in [6.45, 7) is 16.3. The van der Waals surface area contributed by atoms with E-state index in [0.717, 1.165) is 16.5 Å².